The van der Waals surface area contributed by atoms with Crippen molar-refractivity contribution in [2.75, 3.05) is 20.3 Å². The van der Waals surface area contributed by atoms with Crippen LogP contribution >= 0.6 is 0 Å². The Bertz CT molecular complexity index is 557. The van der Waals surface area contributed by atoms with Gasteiger partial charge in [-0.25, -0.2) is 8.78 Å². The molecule has 0 aliphatic carbocycles. The second kappa shape index (κ2) is 7.12. The zero-order chi connectivity index (χ0) is 14.4. The molecule has 0 atom stereocenters. The van der Waals surface area contributed by atoms with Gasteiger partial charge in [0.15, 0.2) is 11.6 Å². The van der Waals surface area contributed by atoms with E-state index in [0.717, 1.165) is 18.3 Å². The van der Waals surface area contributed by atoms with E-state index in [-0.39, 0.29) is 12.1 Å². The van der Waals surface area contributed by atoms with E-state index >= 15 is 0 Å². The molecule has 1 aromatic carbocycles. The molecule has 0 saturated heterocycles. The molecule has 6 heteroatoms. The first-order valence-corrected chi connectivity index (χ1v) is 6.35. The summed E-state index contributed by atoms with van der Waals surface area (Å²) in [5.41, 5.74) is 1.19. The van der Waals surface area contributed by atoms with Gasteiger partial charge in [0.2, 0.25) is 0 Å². The van der Waals surface area contributed by atoms with Crippen LogP contribution in [0.4, 0.5) is 8.78 Å². The molecule has 0 aliphatic rings. The van der Waals surface area contributed by atoms with Gasteiger partial charge < -0.3 is 10.1 Å². The van der Waals surface area contributed by atoms with Crippen LogP contribution in [-0.2, 0) is 17.8 Å². The van der Waals surface area contributed by atoms with Crippen LogP contribution in [0, 0.1) is 11.6 Å². The van der Waals surface area contributed by atoms with Crippen LogP contribution in [0.1, 0.15) is 11.3 Å². The molecule has 0 amide bonds. The number of hydrogen-bond acceptors (Lipinski definition) is 3. The molecule has 4 nitrogen and oxygen atoms in total. The van der Waals surface area contributed by atoms with Gasteiger partial charge in [-0.15, -0.1) is 0 Å². The Kier molecular flexibility index (Phi) is 5.20. The molecule has 0 saturated carbocycles. The first-order chi connectivity index (χ1) is 9.72. The molecule has 108 valence electrons. The van der Waals surface area contributed by atoms with Gasteiger partial charge >= 0.3 is 0 Å². The SMILES string of the molecule is COCCNCc1ccnn1Cc1cccc(F)c1F. The Morgan fingerprint density at radius 2 is 2.15 bits per heavy atom. The number of aromatic nitrogens is 2. The zero-order valence-corrected chi connectivity index (χ0v) is 11.3. The summed E-state index contributed by atoms with van der Waals surface area (Å²) in [6.45, 7) is 2.14. The normalized spacial score (nSPS) is 10.9. The molecule has 0 aliphatic heterocycles. The molecular weight excluding hydrogens is 264 g/mol. The lowest BCUT2D eigenvalue weighted by Gasteiger charge is -2.09. The summed E-state index contributed by atoms with van der Waals surface area (Å²) in [6, 6.07) is 6.00. The molecule has 0 radical (unpaired) electrons. The Morgan fingerprint density at radius 3 is 2.95 bits per heavy atom. The Morgan fingerprint density at radius 1 is 1.30 bits per heavy atom. The third kappa shape index (κ3) is 3.61. The van der Waals surface area contributed by atoms with E-state index < -0.39 is 11.6 Å². The number of benzene rings is 1. The second-order valence-corrected chi connectivity index (χ2v) is 4.36. The summed E-state index contributed by atoms with van der Waals surface area (Å²) in [5.74, 6) is -1.66. The van der Waals surface area contributed by atoms with Crippen molar-refractivity contribution in [3.05, 3.63) is 53.4 Å². The third-order valence-corrected chi connectivity index (χ3v) is 2.95. The maximum absolute atomic E-state index is 13.6. The predicted octanol–water partition coefficient (Wildman–Crippen LogP) is 1.95. The number of ether oxygens (including phenoxy) is 1. The highest BCUT2D eigenvalue weighted by Gasteiger charge is 2.10. The number of hydrogen-bond donors (Lipinski definition) is 1. The van der Waals surface area contributed by atoms with Crippen LogP contribution in [0.3, 0.4) is 0 Å². The average Bonchev–Trinajstić information content (AvgIpc) is 2.87. The lowest BCUT2D eigenvalue weighted by molar-refractivity contribution is 0.199. The molecule has 1 heterocycles. The van der Waals surface area contributed by atoms with E-state index in [1.165, 1.54) is 6.07 Å². The van der Waals surface area contributed by atoms with Crippen molar-refractivity contribution in [2.24, 2.45) is 0 Å². The number of rotatable bonds is 7. The van der Waals surface area contributed by atoms with Crippen LogP contribution in [0.15, 0.2) is 30.5 Å². The Hall–Kier alpha value is -1.79. The quantitative estimate of drug-likeness (QED) is 0.788. The van der Waals surface area contributed by atoms with E-state index in [2.05, 4.69) is 10.4 Å². The maximum atomic E-state index is 13.6. The van der Waals surface area contributed by atoms with Crippen molar-refractivity contribution in [2.45, 2.75) is 13.1 Å². The van der Waals surface area contributed by atoms with Gasteiger partial charge in [0, 0.05) is 32.0 Å². The van der Waals surface area contributed by atoms with Crippen LogP contribution in [0.25, 0.3) is 0 Å². The van der Waals surface area contributed by atoms with Crippen LogP contribution in [0.2, 0.25) is 0 Å². The number of methoxy groups -OCH3 is 1. The minimum atomic E-state index is -0.838. The highest BCUT2D eigenvalue weighted by atomic mass is 19.2. The molecule has 1 N–H and O–H groups in total. The topological polar surface area (TPSA) is 39.1 Å². The lowest BCUT2D eigenvalue weighted by Crippen LogP contribution is -2.21. The van der Waals surface area contributed by atoms with Crippen molar-refractivity contribution in [1.29, 1.82) is 0 Å². The van der Waals surface area contributed by atoms with Crippen molar-refractivity contribution >= 4 is 0 Å². The second-order valence-electron chi connectivity index (χ2n) is 4.36. The lowest BCUT2D eigenvalue weighted by atomic mass is 10.2. The maximum Gasteiger partial charge on any atom is 0.163 e. The predicted molar refractivity (Wildman–Crippen MR) is 71.3 cm³/mol. The fourth-order valence-corrected chi connectivity index (χ4v) is 1.88. The van der Waals surface area contributed by atoms with E-state index in [1.807, 2.05) is 6.07 Å². The first kappa shape index (κ1) is 14.6. The molecule has 20 heavy (non-hydrogen) atoms. The fourth-order valence-electron chi connectivity index (χ4n) is 1.88. The summed E-state index contributed by atoms with van der Waals surface area (Å²) < 4.78 is 33.4. The van der Waals surface area contributed by atoms with Crippen molar-refractivity contribution in [3.63, 3.8) is 0 Å². The van der Waals surface area contributed by atoms with Gasteiger partial charge in [-0.05, 0) is 12.1 Å². The monoisotopic (exact) mass is 281 g/mol. The minimum absolute atomic E-state index is 0.206. The van der Waals surface area contributed by atoms with Crippen LogP contribution < -0.4 is 5.32 Å². The molecule has 0 unspecified atom stereocenters. The molecule has 2 aromatic rings. The summed E-state index contributed by atoms with van der Waals surface area (Å²) in [5, 5.41) is 7.32. The number of nitrogens with zero attached hydrogens (tertiary/aromatic N) is 2. The van der Waals surface area contributed by atoms with E-state index in [4.69, 9.17) is 4.74 Å². The highest BCUT2D eigenvalue weighted by molar-refractivity contribution is 5.19. The standard InChI is InChI=1S/C14H17F2N3O/c1-20-8-7-17-9-12-5-6-18-19(12)10-11-3-2-4-13(15)14(11)16/h2-6,17H,7-10H2,1H3. The molecular formula is C14H17F2N3O. The largest absolute Gasteiger partial charge is 0.383 e. The number of halogens is 2. The fraction of sp³-hybridized carbons (Fsp3) is 0.357. The Balaban J connectivity index is 2.03. The summed E-state index contributed by atoms with van der Waals surface area (Å²) in [7, 11) is 1.64. The average molecular weight is 281 g/mol. The van der Waals surface area contributed by atoms with Gasteiger partial charge in [0.25, 0.3) is 0 Å². The van der Waals surface area contributed by atoms with Crippen LogP contribution in [0.5, 0.6) is 0 Å². The zero-order valence-electron chi connectivity index (χ0n) is 11.3. The first-order valence-electron chi connectivity index (χ1n) is 6.35. The molecule has 0 fully saturated rings. The number of nitrogens with one attached hydrogen (secondary N) is 1. The molecule has 0 bridgehead atoms. The van der Waals surface area contributed by atoms with E-state index in [9.17, 15) is 8.78 Å². The highest BCUT2D eigenvalue weighted by Crippen LogP contribution is 2.13. The molecule has 1 aromatic heterocycles. The van der Waals surface area contributed by atoms with Gasteiger partial charge in [-0.3, -0.25) is 4.68 Å². The van der Waals surface area contributed by atoms with E-state index in [1.54, 1.807) is 24.1 Å². The molecule has 2 rings (SSSR count). The van der Waals surface area contributed by atoms with Gasteiger partial charge in [-0.2, -0.15) is 5.10 Å². The third-order valence-electron chi connectivity index (χ3n) is 2.95. The van der Waals surface area contributed by atoms with Crippen molar-refractivity contribution in [3.8, 4) is 0 Å². The van der Waals surface area contributed by atoms with Gasteiger partial charge in [0.05, 0.1) is 18.8 Å². The van der Waals surface area contributed by atoms with E-state index in [0.29, 0.717) is 13.2 Å². The molecule has 0 spiro atoms. The summed E-state index contributed by atoms with van der Waals surface area (Å²) >= 11 is 0. The smallest absolute Gasteiger partial charge is 0.163 e. The van der Waals surface area contributed by atoms with Crippen molar-refractivity contribution in [1.82, 2.24) is 15.1 Å². The summed E-state index contributed by atoms with van der Waals surface area (Å²) in [4.78, 5) is 0. The van der Waals surface area contributed by atoms with Gasteiger partial charge in [0.1, 0.15) is 0 Å². The Labute approximate surface area is 116 Å². The van der Waals surface area contributed by atoms with Crippen LogP contribution in [-0.4, -0.2) is 30.0 Å². The minimum Gasteiger partial charge on any atom is -0.383 e. The van der Waals surface area contributed by atoms with Gasteiger partial charge in [-0.1, -0.05) is 12.1 Å². The van der Waals surface area contributed by atoms with Crippen molar-refractivity contribution < 1.29 is 13.5 Å². The summed E-state index contributed by atoms with van der Waals surface area (Å²) in [6.07, 6.45) is 1.64.